The number of thioether (sulfide) groups is 1. The van der Waals surface area contributed by atoms with E-state index in [1.807, 2.05) is 53.9 Å². The summed E-state index contributed by atoms with van der Waals surface area (Å²) in [5.41, 5.74) is 1.79. The topological polar surface area (TPSA) is 80.9 Å². The van der Waals surface area contributed by atoms with Gasteiger partial charge in [0.25, 0.3) is 5.22 Å². The summed E-state index contributed by atoms with van der Waals surface area (Å²) in [6.45, 7) is 0. The average Bonchev–Trinajstić information content (AvgIpc) is 3.44. The van der Waals surface area contributed by atoms with Crippen molar-refractivity contribution in [3.63, 3.8) is 0 Å². The molecule has 28 heavy (non-hydrogen) atoms. The molecule has 8 heteroatoms. The fourth-order valence-electron chi connectivity index (χ4n) is 2.62. The van der Waals surface area contributed by atoms with Crippen molar-refractivity contribution in [3.8, 4) is 11.5 Å². The summed E-state index contributed by atoms with van der Waals surface area (Å²) < 4.78 is 5.60. The van der Waals surface area contributed by atoms with Crippen molar-refractivity contribution in [2.24, 2.45) is 0 Å². The van der Waals surface area contributed by atoms with Crippen LogP contribution in [-0.4, -0.2) is 26.8 Å². The number of pyridine rings is 1. The van der Waals surface area contributed by atoms with Crippen LogP contribution in [0.3, 0.4) is 0 Å². The first-order valence-corrected chi connectivity index (χ1v) is 10.4. The van der Waals surface area contributed by atoms with Gasteiger partial charge in [-0.1, -0.05) is 48.2 Å². The van der Waals surface area contributed by atoms with E-state index in [9.17, 15) is 4.79 Å². The van der Waals surface area contributed by atoms with Crippen LogP contribution in [0.4, 0.5) is 0 Å². The third-order valence-electron chi connectivity index (χ3n) is 3.91. The van der Waals surface area contributed by atoms with Crippen molar-refractivity contribution in [2.45, 2.75) is 11.3 Å². The van der Waals surface area contributed by atoms with Crippen molar-refractivity contribution in [1.82, 2.24) is 20.5 Å². The maximum absolute atomic E-state index is 12.5. The molecule has 1 amide bonds. The monoisotopic (exact) mass is 408 g/mol. The van der Waals surface area contributed by atoms with Gasteiger partial charge in [0.05, 0.1) is 17.4 Å². The van der Waals surface area contributed by atoms with Crippen LogP contribution in [0.25, 0.3) is 11.5 Å². The van der Waals surface area contributed by atoms with Crippen LogP contribution in [0.1, 0.15) is 16.5 Å². The van der Waals surface area contributed by atoms with E-state index < -0.39 is 0 Å². The lowest BCUT2D eigenvalue weighted by Gasteiger charge is -2.17. The molecule has 6 nitrogen and oxygen atoms in total. The van der Waals surface area contributed by atoms with E-state index in [0.29, 0.717) is 11.1 Å². The highest BCUT2D eigenvalue weighted by Gasteiger charge is 2.18. The first-order valence-electron chi connectivity index (χ1n) is 8.54. The van der Waals surface area contributed by atoms with Gasteiger partial charge in [-0.25, -0.2) is 0 Å². The molecule has 3 aromatic heterocycles. The van der Waals surface area contributed by atoms with Crippen LogP contribution in [0, 0.1) is 0 Å². The molecule has 140 valence electrons. The number of carbonyl (C=O) groups is 1. The summed E-state index contributed by atoms with van der Waals surface area (Å²) in [5, 5.41) is 13.4. The number of nitrogens with one attached hydrogen (secondary N) is 1. The Labute approximate surface area is 170 Å². The summed E-state index contributed by atoms with van der Waals surface area (Å²) in [6.07, 6.45) is 3.33. The molecule has 1 aromatic carbocycles. The third-order valence-corrected chi connectivity index (χ3v) is 5.66. The maximum atomic E-state index is 12.5. The van der Waals surface area contributed by atoms with Crippen molar-refractivity contribution < 1.29 is 9.21 Å². The highest BCUT2D eigenvalue weighted by Crippen LogP contribution is 2.27. The first kappa shape index (κ1) is 18.4. The molecular weight excluding hydrogens is 392 g/mol. The molecule has 0 saturated heterocycles. The van der Waals surface area contributed by atoms with Crippen LogP contribution < -0.4 is 5.32 Å². The molecule has 0 aliphatic heterocycles. The zero-order valence-corrected chi connectivity index (χ0v) is 16.3. The smallest absolute Gasteiger partial charge is 0.277 e. The van der Waals surface area contributed by atoms with Gasteiger partial charge in [0.1, 0.15) is 0 Å². The second-order valence-electron chi connectivity index (χ2n) is 5.83. The van der Waals surface area contributed by atoms with Gasteiger partial charge in [0.2, 0.25) is 11.8 Å². The molecule has 0 radical (unpaired) electrons. The largest absolute Gasteiger partial charge is 0.411 e. The predicted octanol–water partition coefficient (Wildman–Crippen LogP) is 4.19. The van der Waals surface area contributed by atoms with Crippen LogP contribution in [0.5, 0.6) is 0 Å². The van der Waals surface area contributed by atoms with Crippen LogP contribution in [-0.2, 0) is 4.79 Å². The molecule has 4 aromatic rings. The number of aromatic nitrogens is 3. The summed E-state index contributed by atoms with van der Waals surface area (Å²) in [6, 6.07) is 17.4. The van der Waals surface area contributed by atoms with E-state index >= 15 is 0 Å². The summed E-state index contributed by atoms with van der Waals surface area (Å²) in [4.78, 5) is 17.7. The molecule has 0 fully saturated rings. The van der Waals surface area contributed by atoms with E-state index in [2.05, 4.69) is 20.5 Å². The Bertz CT molecular complexity index is 1020. The molecular formula is C20H16N4O2S2. The van der Waals surface area contributed by atoms with Crippen molar-refractivity contribution in [3.05, 3.63) is 82.8 Å². The highest BCUT2D eigenvalue weighted by molar-refractivity contribution is 7.99. The number of benzene rings is 1. The second kappa shape index (κ2) is 8.81. The summed E-state index contributed by atoms with van der Waals surface area (Å²) in [5.74, 6) is 0.466. The Kier molecular flexibility index (Phi) is 5.79. The Morgan fingerprint density at radius 1 is 1.11 bits per heavy atom. The normalized spacial score (nSPS) is 11.9. The lowest BCUT2D eigenvalue weighted by Crippen LogP contribution is -2.30. The quantitative estimate of drug-likeness (QED) is 0.462. The number of hydrogen-bond donors (Lipinski definition) is 1. The highest BCUT2D eigenvalue weighted by atomic mass is 32.2. The number of hydrogen-bond acceptors (Lipinski definition) is 7. The van der Waals surface area contributed by atoms with E-state index in [0.717, 1.165) is 16.0 Å². The van der Waals surface area contributed by atoms with Gasteiger partial charge in [0.15, 0.2) is 0 Å². The van der Waals surface area contributed by atoms with Gasteiger partial charge < -0.3 is 9.73 Å². The average molecular weight is 409 g/mol. The van der Waals surface area contributed by atoms with Crippen molar-refractivity contribution in [2.75, 3.05) is 5.75 Å². The standard InChI is InChI=1S/C20H16N4O2S2/c25-17(13-28-20-24-23-19(26-20)15-8-4-10-21-12-15)22-18(16-9-5-11-27-16)14-6-2-1-3-7-14/h1-12,18H,13H2,(H,22,25)/t18-/m0/s1. The van der Waals surface area contributed by atoms with E-state index in [1.54, 1.807) is 29.8 Å². The van der Waals surface area contributed by atoms with Gasteiger partial charge in [-0.05, 0) is 29.1 Å². The SMILES string of the molecule is O=C(CSc1nnc(-c2cccnc2)o1)N[C@@H](c1ccccc1)c1cccs1. The molecule has 1 N–H and O–H groups in total. The minimum atomic E-state index is -0.178. The molecule has 3 heterocycles. The zero-order valence-electron chi connectivity index (χ0n) is 14.7. The number of amides is 1. The molecule has 4 rings (SSSR count). The number of rotatable bonds is 7. The molecule has 0 spiro atoms. The minimum Gasteiger partial charge on any atom is -0.411 e. The molecule has 0 unspecified atom stereocenters. The Morgan fingerprint density at radius 3 is 2.75 bits per heavy atom. The van der Waals surface area contributed by atoms with Gasteiger partial charge in [0, 0.05) is 17.3 Å². The van der Waals surface area contributed by atoms with E-state index in [-0.39, 0.29) is 17.7 Å². The molecule has 0 aliphatic carbocycles. The fourth-order valence-corrected chi connectivity index (χ4v) is 4.00. The van der Waals surface area contributed by atoms with Gasteiger partial charge >= 0.3 is 0 Å². The number of nitrogens with zero attached hydrogens (tertiary/aromatic N) is 3. The van der Waals surface area contributed by atoms with E-state index in [1.165, 1.54) is 11.8 Å². The van der Waals surface area contributed by atoms with Crippen molar-refractivity contribution >= 4 is 29.0 Å². The molecule has 1 atom stereocenters. The number of carbonyl (C=O) groups excluding carboxylic acids is 1. The van der Waals surface area contributed by atoms with Gasteiger partial charge in [-0.3, -0.25) is 9.78 Å². The number of thiophene rings is 1. The second-order valence-corrected chi connectivity index (χ2v) is 7.74. The van der Waals surface area contributed by atoms with Gasteiger partial charge in [-0.15, -0.1) is 21.5 Å². The summed E-state index contributed by atoms with van der Waals surface area (Å²) >= 11 is 2.82. The van der Waals surface area contributed by atoms with Gasteiger partial charge in [-0.2, -0.15) is 0 Å². The minimum absolute atomic E-state index is 0.103. The molecule has 0 aliphatic rings. The molecule has 0 bridgehead atoms. The first-order chi connectivity index (χ1) is 13.8. The predicted molar refractivity (Wildman–Crippen MR) is 109 cm³/mol. The Hall–Kier alpha value is -2.97. The fraction of sp³-hybridized carbons (Fsp3) is 0.100. The van der Waals surface area contributed by atoms with Crippen LogP contribution in [0.2, 0.25) is 0 Å². The lowest BCUT2D eigenvalue weighted by atomic mass is 10.1. The van der Waals surface area contributed by atoms with Crippen molar-refractivity contribution in [1.29, 1.82) is 0 Å². The van der Waals surface area contributed by atoms with E-state index in [4.69, 9.17) is 4.42 Å². The lowest BCUT2D eigenvalue weighted by molar-refractivity contribution is -0.119. The Balaban J connectivity index is 1.40. The summed E-state index contributed by atoms with van der Waals surface area (Å²) in [7, 11) is 0. The maximum Gasteiger partial charge on any atom is 0.277 e. The third kappa shape index (κ3) is 4.47. The zero-order chi connectivity index (χ0) is 19.2. The van der Waals surface area contributed by atoms with Crippen LogP contribution >= 0.6 is 23.1 Å². The Morgan fingerprint density at radius 2 is 2.00 bits per heavy atom. The van der Waals surface area contributed by atoms with Crippen LogP contribution in [0.15, 0.2) is 82.0 Å². The molecule has 0 saturated carbocycles.